The smallest absolute Gasteiger partial charge is 0.177 e. The van der Waals surface area contributed by atoms with Crippen LogP contribution in [-0.2, 0) is 13.0 Å². The Balaban J connectivity index is 1.45. The highest BCUT2D eigenvalue weighted by Gasteiger charge is 2.25. The third kappa shape index (κ3) is 2.23. The van der Waals surface area contributed by atoms with Gasteiger partial charge in [-0.15, -0.1) is 0 Å². The highest BCUT2D eigenvalue weighted by molar-refractivity contribution is 5.65. The molecule has 5 rings (SSSR count). The van der Waals surface area contributed by atoms with Gasteiger partial charge in [-0.1, -0.05) is 24.3 Å². The summed E-state index contributed by atoms with van der Waals surface area (Å²) < 4.78 is 18.6. The molecule has 0 unspecified atom stereocenters. The third-order valence-electron chi connectivity index (χ3n) is 4.83. The average Bonchev–Trinajstić information content (AvgIpc) is 3.30. The number of fused-ring (bicyclic) bond motifs is 4. The van der Waals surface area contributed by atoms with Gasteiger partial charge in [0.15, 0.2) is 17.6 Å². The summed E-state index contributed by atoms with van der Waals surface area (Å²) in [5.41, 5.74) is 5.06. The largest absolute Gasteiger partial charge is 0.326 e. The Bertz CT molecular complexity index is 1100. The summed E-state index contributed by atoms with van der Waals surface area (Å²) in [6.07, 6.45) is 2.39. The molecule has 6 nitrogen and oxygen atoms in total. The molecule has 26 heavy (non-hydrogen) atoms. The van der Waals surface area contributed by atoms with Crippen LogP contribution in [0.4, 0.5) is 4.39 Å². The molecule has 0 N–H and O–H groups in total. The van der Waals surface area contributed by atoms with Crippen LogP contribution in [0.1, 0.15) is 34.6 Å². The molecule has 0 bridgehead atoms. The molecule has 0 fully saturated rings. The zero-order valence-corrected chi connectivity index (χ0v) is 14.5. The summed E-state index contributed by atoms with van der Waals surface area (Å²) in [6.45, 7) is 4.52. The summed E-state index contributed by atoms with van der Waals surface area (Å²) in [6, 6.07) is 8.10. The maximum Gasteiger partial charge on any atom is 0.177 e. The maximum absolute atomic E-state index is 14.9. The fraction of sp³-hybridized carbons (Fsp3) is 0.263. The van der Waals surface area contributed by atoms with E-state index in [0.29, 0.717) is 17.2 Å². The second-order valence-electron chi connectivity index (χ2n) is 6.69. The van der Waals surface area contributed by atoms with Crippen molar-refractivity contribution in [2.24, 2.45) is 0 Å². The molecule has 4 aromatic rings. The van der Waals surface area contributed by atoms with Gasteiger partial charge in [0, 0.05) is 30.9 Å². The predicted octanol–water partition coefficient (Wildman–Crippen LogP) is 3.22. The minimum Gasteiger partial charge on any atom is -0.326 e. The molecular weight excluding hydrogens is 331 g/mol. The van der Waals surface area contributed by atoms with Crippen molar-refractivity contribution in [3.05, 3.63) is 65.1 Å². The van der Waals surface area contributed by atoms with E-state index in [1.54, 1.807) is 16.9 Å². The molecule has 1 aliphatic rings. The van der Waals surface area contributed by atoms with Gasteiger partial charge in [-0.3, -0.25) is 4.98 Å². The van der Waals surface area contributed by atoms with E-state index < -0.39 is 6.17 Å². The summed E-state index contributed by atoms with van der Waals surface area (Å²) in [5, 5.41) is 4.43. The van der Waals surface area contributed by atoms with Gasteiger partial charge in [-0.05, 0) is 19.4 Å². The topological polar surface area (TPSA) is 60.9 Å². The molecule has 0 saturated carbocycles. The highest BCUT2D eigenvalue weighted by atomic mass is 19.1. The lowest BCUT2D eigenvalue weighted by molar-refractivity contribution is 0.330. The van der Waals surface area contributed by atoms with E-state index >= 15 is 0 Å². The number of rotatable bonds is 3. The molecule has 4 heterocycles. The molecule has 1 aliphatic heterocycles. The Labute approximate surface area is 149 Å². The Morgan fingerprint density at radius 1 is 1.19 bits per heavy atom. The van der Waals surface area contributed by atoms with Gasteiger partial charge in [-0.2, -0.15) is 5.10 Å². The number of nitrogens with zero attached hydrogens (tertiary/aromatic N) is 6. The number of aromatic nitrogens is 6. The summed E-state index contributed by atoms with van der Waals surface area (Å²) in [7, 11) is 0. The first-order valence-corrected chi connectivity index (χ1v) is 8.57. The summed E-state index contributed by atoms with van der Waals surface area (Å²) in [4.78, 5) is 13.3. The quantitative estimate of drug-likeness (QED) is 0.502. The fourth-order valence-electron chi connectivity index (χ4n) is 3.47. The first-order valence-electron chi connectivity index (χ1n) is 8.57. The monoisotopic (exact) mass is 348 g/mol. The molecule has 130 valence electrons. The molecule has 1 aromatic carbocycles. The predicted molar refractivity (Wildman–Crippen MR) is 94.6 cm³/mol. The van der Waals surface area contributed by atoms with E-state index in [1.165, 1.54) is 5.56 Å². The Morgan fingerprint density at radius 2 is 2.04 bits per heavy atom. The standard InChI is InChI=1S/C19H17FN6/c1-11-8-21-12(2)18-23-17(24-26(11)18)7-15(20)16-10-25-9-13-5-3-4-6-14(13)19(25)22-16/h3-6,8,10,15H,7,9H2,1-2H3/t15-/m0/s1. The van der Waals surface area contributed by atoms with Crippen molar-refractivity contribution in [3.8, 4) is 11.4 Å². The lowest BCUT2D eigenvalue weighted by atomic mass is 10.1. The van der Waals surface area contributed by atoms with E-state index in [1.807, 2.05) is 36.6 Å². The SMILES string of the molecule is Cc1ncc(C)n2nc(C[C@H](F)c3cn4c(n3)-c3ccccc3C4)nc12. The number of hydrogen-bond acceptors (Lipinski definition) is 4. The van der Waals surface area contributed by atoms with Crippen molar-refractivity contribution in [2.45, 2.75) is 33.0 Å². The van der Waals surface area contributed by atoms with Crippen LogP contribution in [0, 0.1) is 13.8 Å². The van der Waals surface area contributed by atoms with E-state index in [4.69, 9.17) is 0 Å². The summed E-state index contributed by atoms with van der Waals surface area (Å²) in [5.74, 6) is 1.29. The molecule has 0 amide bonds. The van der Waals surface area contributed by atoms with E-state index in [2.05, 4.69) is 26.1 Å². The molecular formula is C19H17FN6. The molecule has 0 saturated heterocycles. The molecule has 0 aliphatic carbocycles. The van der Waals surface area contributed by atoms with Crippen molar-refractivity contribution in [2.75, 3.05) is 0 Å². The number of hydrogen-bond donors (Lipinski definition) is 0. The Morgan fingerprint density at radius 3 is 2.88 bits per heavy atom. The zero-order chi connectivity index (χ0) is 17.8. The van der Waals surface area contributed by atoms with Crippen LogP contribution in [0.2, 0.25) is 0 Å². The average molecular weight is 348 g/mol. The Hall–Kier alpha value is -3.09. The zero-order valence-electron chi connectivity index (χ0n) is 14.5. The van der Waals surface area contributed by atoms with Crippen molar-refractivity contribution in [1.29, 1.82) is 0 Å². The van der Waals surface area contributed by atoms with Gasteiger partial charge in [0.2, 0.25) is 0 Å². The van der Waals surface area contributed by atoms with Crippen LogP contribution >= 0.6 is 0 Å². The number of halogens is 1. The molecule has 7 heteroatoms. The van der Waals surface area contributed by atoms with Gasteiger partial charge >= 0.3 is 0 Å². The number of benzene rings is 1. The molecule has 3 aromatic heterocycles. The highest BCUT2D eigenvalue weighted by Crippen LogP contribution is 2.33. The molecule has 1 atom stereocenters. The van der Waals surface area contributed by atoms with Crippen molar-refractivity contribution in [3.63, 3.8) is 0 Å². The lowest BCUT2D eigenvalue weighted by Gasteiger charge is -2.02. The fourth-order valence-corrected chi connectivity index (χ4v) is 3.47. The second-order valence-corrected chi connectivity index (χ2v) is 6.69. The number of aryl methyl sites for hydroxylation is 2. The van der Waals surface area contributed by atoms with Gasteiger partial charge in [0.25, 0.3) is 0 Å². The number of imidazole rings is 1. The van der Waals surface area contributed by atoms with E-state index in [0.717, 1.165) is 29.3 Å². The van der Waals surface area contributed by atoms with Crippen LogP contribution < -0.4 is 0 Å². The summed E-state index contributed by atoms with van der Waals surface area (Å²) >= 11 is 0. The van der Waals surface area contributed by atoms with Gasteiger partial charge in [-0.25, -0.2) is 18.9 Å². The molecule has 0 spiro atoms. The maximum atomic E-state index is 14.9. The van der Waals surface area contributed by atoms with Crippen molar-refractivity contribution in [1.82, 2.24) is 29.1 Å². The van der Waals surface area contributed by atoms with Crippen LogP contribution in [0.5, 0.6) is 0 Å². The normalized spacial score (nSPS) is 13.8. The van der Waals surface area contributed by atoms with E-state index in [9.17, 15) is 4.39 Å². The van der Waals surface area contributed by atoms with Crippen LogP contribution in [-0.4, -0.2) is 29.1 Å². The lowest BCUT2D eigenvalue weighted by Crippen LogP contribution is -2.01. The van der Waals surface area contributed by atoms with Crippen LogP contribution in [0.25, 0.3) is 17.0 Å². The Kier molecular flexibility index (Phi) is 3.19. The third-order valence-corrected chi connectivity index (χ3v) is 4.83. The minimum absolute atomic E-state index is 0.0959. The van der Waals surface area contributed by atoms with Crippen LogP contribution in [0.15, 0.2) is 36.7 Å². The second kappa shape index (κ2) is 5.45. The number of alkyl halides is 1. The van der Waals surface area contributed by atoms with Crippen molar-refractivity contribution >= 4 is 5.65 Å². The van der Waals surface area contributed by atoms with Crippen molar-refractivity contribution < 1.29 is 4.39 Å². The first kappa shape index (κ1) is 15.2. The van der Waals surface area contributed by atoms with Gasteiger partial charge < -0.3 is 4.57 Å². The van der Waals surface area contributed by atoms with Gasteiger partial charge in [0.05, 0.1) is 17.1 Å². The van der Waals surface area contributed by atoms with Gasteiger partial charge in [0.1, 0.15) is 5.82 Å². The molecule has 0 radical (unpaired) electrons. The first-order chi connectivity index (χ1) is 12.6. The van der Waals surface area contributed by atoms with Crippen LogP contribution in [0.3, 0.4) is 0 Å². The van der Waals surface area contributed by atoms with E-state index in [-0.39, 0.29) is 6.42 Å². The minimum atomic E-state index is -1.24.